The molecule has 0 radical (unpaired) electrons. The van der Waals surface area contributed by atoms with Crippen LogP contribution >= 0.6 is 0 Å². The van der Waals surface area contributed by atoms with Gasteiger partial charge >= 0.3 is 0 Å². The summed E-state index contributed by atoms with van der Waals surface area (Å²) in [6.45, 7) is 0. The first-order valence-electron chi connectivity index (χ1n) is 7.27. The second-order valence-corrected chi connectivity index (χ2v) is 7.04. The SMILES string of the molecule is C(=C([SiH2]c1ccccc1)c1ccccc1)c1ccccc1. The molecule has 21 heavy (non-hydrogen) atoms. The maximum absolute atomic E-state index is 2.34. The highest BCUT2D eigenvalue weighted by Gasteiger charge is 2.04. The van der Waals surface area contributed by atoms with Crippen LogP contribution in [0.2, 0.25) is 0 Å². The second-order valence-electron chi connectivity index (χ2n) is 5.11. The van der Waals surface area contributed by atoms with Gasteiger partial charge in [-0.25, -0.2) is 0 Å². The van der Waals surface area contributed by atoms with Gasteiger partial charge in [0.25, 0.3) is 0 Å². The minimum Gasteiger partial charge on any atom is -0.0633 e. The van der Waals surface area contributed by atoms with E-state index in [0.29, 0.717) is 0 Å². The normalized spacial score (nSPS) is 11.9. The molecular formula is C20H18Si. The molecule has 0 bridgehead atoms. The van der Waals surface area contributed by atoms with E-state index in [4.69, 9.17) is 0 Å². The third-order valence-electron chi connectivity index (χ3n) is 3.52. The lowest BCUT2D eigenvalue weighted by Gasteiger charge is -2.08. The van der Waals surface area contributed by atoms with E-state index in [9.17, 15) is 0 Å². The summed E-state index contributed by atoms with van der Waals surface area (Å²) in [5.74, 6) is 0. The molecule has 3 rings (SSSR count). The summed E-state index contributed by atoms with van der Waals surface area (Å²) in [7, 11) is -0.478. The van der Waals surface area contributed by atoms with E-state index in [-0.39, 0.29) is 0 Å². The van der Waals surface area contributed by atoms with Crippen molar-refractivity contribution in [2.24, 2.45) is 0 Å². The summed E-state index contributed by atoms with van der Waals surface area (Å²) in [6.07, 6.45) is 2.34. The minimum atomic E-state index is -0.478. The summed E-state index contributed by atoms with van der Waals surface area (Å²) < 4.78 is 0. The molecule has 0 saturated heterocycles. The van der Waals surface area contributed by atoms with Gasteiger partial charge in [0.2, 0.25) is 0 Å². The predicted molar refractivity (Wildman–Crippen MR) is 95.4 cm³/mol. The molecule has 3 aromatic carbocycles. The molecule has 0 aliphatic rings. The van der Waals surface area contributed by atoms with Crippen LogP contribution < -0.4 is 5.19 Å². The van der Waals surface area contributed by atoms with Gasteiger partial charge < -0.3 is 0 Å². The molecule has 0 fully saturated rings. The lowest BCUT2D eigenvalue weighted by atomic mass is 10.1. The highest BCUT2D eigenvalue weighted by molar-refractivity contribution is 6.74. The standard InChI is InChI=1S/C20H18Si/c1-4-10-17(11-5-1)16-20(18-12-6-2-7-13-18)21-19-14-8-3-9-15-19/h1-16H,21H2. The summed E-state index contributed by atoms with van der Waals surface area (Å²) in [4.78, 5) is 0. The Morgan fingerprint density at radius 2 is 1.14 bits per heavy atom. The Balaban J connectivity index is 1.97. The summed E-state index contributed by atoms with van der Waals surface area (Å²) in [6, 6.07) is 32.2. The third-order valence-corrected chi connectivity index (χ3v) is 5.40. The van der Waals surface area contributed by atoms with Gasteiger partial charge in [0.15, 0.2) is 0 Å². The van der Waals surface area contributed by atoms with E-state index in [2.05, 4.69) is 97.1 Å². The largest absolute Gasteiger partial charge is 0.0883 e. The van der Waals surface area contributed by atoms with E-state index in [1.54, 1.807) is 0 Å². The van der Waals surface area contributed by atoms with Crippen molar-refractivity contribution in [3.05, 3.63) is 102 Å². The predicted octanol–water partition coefficient (Wildman–Crippen LogP) is 3.68. The Labute approximate surface area is 128 Å². The molecule has 0 atom stereocenters. The van der Waals surface area contributed by atoms with Crippen LogP contribution in [0.3, 0.4) is 0 Å². The van der Waals surface area contributed by atoms with Gasteiger partial charge in [-0.1, -0.05) is 107 Å². The number of benzene rings is 3. The molecule has 0 unspecified atom stereocenters. The second kappa shape index (κ2) is 6.87. The average Bonchev–Trinajstić information content (AvgIpc) is 2.57. The average molecular weight is 286 g/mol. The van der Waals surface area contributed by atoms with E-state index < -0.39 is 9.52 Å². The Morgan fingerprint density at radius 1 is 0.619 bits per heavy atom. The Hall–Kier alpha value is -2.38. The first-order chi connectivity index (χ1) is 10.4. The van der Waals surface area contributed by atoms with Gasteiger partial charge in [-0.05, 0) is 11.1 Å². The first-order valence-corrected chi connectivity index (χ1v) is 8.68. The lowest BCUT2D eigenvalue weighted by molar-refractivity contribution is 1.63. The van der Waals surface area contributed by atoms with E-state index in [0.717, 1.165) is 0 Å². The molecular weight excluding hydrogens is 268 g/mol. The molecule has 0 aromatic heterocycles. The van der Waals surface area contributed by atoms with Crippen LogP contribution in [0.1, 0.15) is 11.1 Å². The van der Waals surface area contributed by atoms with Gasteiger partial charge in [-0.3, -0.25) is 0 Å². The van der Waals surface area contributed by atoms with Crippen LogP contribution in [-0.4, -0.2) is 9.52 Å². The highest BCUT2D eigenvalue weighted by Crippen LogP contribution is 2.17. The fraction of sp³-hybridized carbons (Fsp3) is 0. The fourth-order valence-electron chi connectivity index (χ4n) is 2.45. The minimum absolute atomic E-state index is 0.478. The van der Waals surface area contributed by atoms with Gasteiger partial charge in [-0.2, -0.15) is 0 Å². The molecule has 1 heteroatoms. The molecule has 0 nitrogen and oxygen atoms in total. The van der Waals surface area contributed by atoms with E-state index in [1.807, 2.05) is 0 Å². The molecule has 0 heterocycles. The van der Waals surface area contributed by atoms with Crippen molar-refractivity contribution in [3.63, 3.8) is 0 Å². The maximum Gasteiger partial charge on any atom is 0.0883 e. The van der Waals surface area contributed by atoms with Gasteiger partial charge in [0.1, 0.15) is 0 Å². The molecule has 0 amide bonds. The van der Waals surface area contributed by atoms with E-state index >= 15 is 0 Å². The van der Waals surface area contributed by atoms with Gasteiger partial charge in [-0.15, -0.1) is 0 Å². The van der Waals surface area contributed by atoms with Crippen molar-refractivity contribution in [2.45, 2.75) is 0 Å². The van der Waals surface area contributed by atoms with Crippen molar-refractivity contribution in [1.29, 1.82) is 0 Å². The molecule has 0 saturated carbocycles. The number of hydrogen-bond donors (Lipinski definition) is 0. The zero-order valence-corrected chi connectivity index (χ0v) is 13.4. The maximum atomic E-state index is 2.34. The zero-order chi connectivity index (χ0) is 14.3. The van der Waals surface area contributed by atoms with Crippen molar-refractivity contribution in [2.75, 3.05) is 0 Å². The van der Waals surface area contributed by atoms with E-state index in [1.165, 1.54) is 21.5 Å². The summed E-state index contributed by atoms with van der Waals surface area (Å²) in [5, 5.41) is 2.96. The van der Waals surface area contributed by atoms with Crippen molar-refractivity contribution in [3.8, 4) is 0 Å². The monoisotopic (exact) mass is 286 g/mol. The van der Waals surface area contributed by atoms with Crippen LogP contribution in [-0.2, 0) is 0 Å². The highest BCUT2D eigenvalue weighted by atomic mass is 28.2. The molecule has 0 aliphatic carbocycles. The van der Waals surface area contributed by atoms with Crippen molar-refractivity contribution >= 4 is 26.0 Å². The lowest BCUT2D eigenvalue weighted by Crippen LogP contribution is -2.15. The van der Waals surface area contributed by atoms with Crippen LogP contribution in [0.15, 0.2) is 91.0 Å². The van der Waals surface area contributed by atoms with Crippen molar-refractivity contribution in [1.82, 2.24) is 0 Å². The van der Waals surface area contributed by atoms with Crippen LogP contribution in [0.25, 0.3) is 11.3 Å². The topological polar surface area (TPSA) is 0 Å². The quantitative estimate of drug-likeness (QED) is 0.507. The van der Waals surface area contributed by atoms with Gasteiger partial charge in [0, 0.05) is 0 Å². The van der Waals surface area contributed by atoms with Crippen LogP contribution in [0.4, 0.5) is 0 Å². The number of rotatable bonds is 4. The Bertz CT molecular complexity index is 701. The summed E-state index contributed by atoms with van der Waals surface area (Å²) >= 11 is 0. The Morgan fingerprint density at radius 3 is 1.76 bits per heavy atom. The molecule has 102 valence electrons. The molecule has 0 aliphatic heterocycles. The fourth-order valence-corrected chi connectivity index (χ4v) is 4.18. The number of hydrogen-bond acceptors (Lipinski definition) is 0. The zero-order valence-electron chi connectivity index (χ0n) is 11.9. The molecule has 3 aromatic rings. The molecule has 0 spiro atoms. The van der Waals surface area contributed by atoms with Crippen LogP contribution in [0, 0.1) is 0 Å². The summed E-state index contributed by atoms with van der Waals surface area (Å²) in [5.41, 5.74) is 2.62. The van der Waals surface area contributed by atoms with Gasteiger partial charge in [0.05, 0.1) is 9.52 Å². The Kier molecular flexibility index (Phi) is 4.44. The first kappa shape index (κ1) is 13.6. The van der Waals surface area contributed by atoms with Crippen molar-refractivity contribution < 1.29 is 0 Å². The van der Waals surface area contributed by atoms with Crippen LogP contribution in [0.5, 0.6) is 0 Å². The third kappa shape index (κ3) is 3.80. The molecule has 0 N–H and O–H groups in total. The smallest absolute Gasteiger partial charge is 0.0633 e.